The van der Waals surface area contributed by atoms with Crippen molar-refractivity contribution in [2.45, 2.75) is 13.5 Å². The van der Waals surface area contributed by atoms with Crippen LogP contribution < -0.4 is 10.1 Å². The van der Waals surface area contributed by atoms with Crippen molar-refractivity contribution in [2.75, 3.05) is 25.6 Å². The van der Waals surface area contributed by atoms with Gasteiger partial charge in [-0.3, -0.25) is 0 Å². The van der Waals surface area contributed by atoms with Gasteiger partial charge in [0, 0.05) is 5.56 Å². The number of nitrogens with zero attached hydrogens (tertiary/aromatic N) is 1. The monoisotopic (exact) mass is 208 g/mol. The predicted molar refractivity (Wildman–Crippen MR) is 59.4 cm³/mol. The molecule has 0 saturated heterocycles. The average Bonchev–Trinajstić information content (AvgIpc) is 2.64. The molecule has 1 atom stereocenters. The molecule has 0 fully saturated rings. The molecule has 1 aromatic rings. The lowest BCUT2D eigenvalue weighted by Crippen LogP contribution is -2.36. The minimum atomic E-state index is -0.236. The Kier molecular flexibility index (Phi) is 2.54. The highest BCUT2D eigenvalue weighted by Crippen LogP contribution is 2.30. The number of fused-ring (bicyclic) bond motifs is 1. The second-order valence-corrected chi connectivity index (χ2v) is 4.07. The molecular weight excluding hydrogens is 192 g/mol. The first kappa shape index (κ1) is 10.3. The summed E-state index contributed by atoms with van der Waals surface area (Å²) in [5, 5.41) is 14.9. The lowest BCUT2D eigenvalue weighted by Gasteiger charge is -2.37. The van der Waals surface area contributed by atoms with Gasteiger partial charge in [0.05, 0.1) is 19.3 Å². The van der Waals surface area contributed by atoms with Gasteiger partial charge in [-0.05, 0) is 25.1 Å². The molecule has 0 aromatic heterocycles. The molecule has 0 aliphatic carbocycles. The van der Waals surface area contributed by atoms with Gasteiger partial charge in [-0.25, -0.2) is 0 Å². The van der Waals surface area contributed by atoms with Crippen LogP contribution in [0.5, 0.6) is 5.75 Å². The van der Waals surface area contributed by atoms with Gasteiger partial charge in [0.15, 0.2) is 6.73 Å². The molecule has 4 heteroatoms. The van der Waals surface area contributed by atoms with Crippen LogP contribution in [0, 0.1) is 5.21 Å². The molecular formula is C11H16N2O2. The summed E-state index contributed by atoms with van der Waals surface area (Å²) in [6, 6.07) is 5.86. The van der Waals surface area contributed by atoms with Gasteiger partial charge in [0.25, 0.3) is 0 Å². The lowest BCUT2D eigenvalue weighted by molar-refractivity contribution is -0.872. The van der Waals surface area contributed by atoms with E-state index in [0.29, 0.717) is 19.8 Å². The van der Waals surface area contributed by atoms with Gasteiger partial charge in [0.2, 0.25) is 0 Å². The molecule has 1 heterocycles. The molecule has 1 N–H and O–H groups in total. The van der Waals surface area contributed by atoms with Gasteiger partial charge >= 0.3 is 0 Å². The summed E-state index contributed by atoms with van der Waals surface area (Å²) in [6.07, 6.45) is 0. The summed E-state index contributed by atoms with van der Waals surface area (Å²) in [7, 11) is 1.69. The Morgan fingerprint density at radius 3 is 3.07 bits per heavy atom. The zero-order valence-electron chi connectivity index (χ0n) is 9.12. The minimum Gasteiger partial charge on any atom is -0.633 e. The second kappa shape index (κ2) is 3.72. The van der Waals surface area contributed by atoms with Crippen LogP contribution in [0.3, 0.4) is 0 Å². The van der Waals surface area contributed by atoms with Crippen LogP contribution in [0.25, 0.3) is 0 Å². The van der Waals surface area contributed by atoms with E-state index in [1.165, 1.54) is 0 Å². The molecule has 1 aromatic carbocycles. The molecule has 1 aliphatic heterocycles. The van der Waals surface area contributed by atoms with Crippen molar-refractivity contribution in [3.8, 4) is 5.75 Å². The third-order valence-corrected chi connectivity index (χ3v) is 2.72. The van der Waals surface area contributed by atoms with E-state index in [2.05, 4.69) is 5.32 Å². The molecule has 0 amide bonds. The van der Waals surface area contributed by atoms with Crippen molar-refractivity contribution in [3.63, 3.8) is 0 Å². The van der Waals surface area contributed by atoms with Crippen molar-refractivity contribution in [1.29, 1.82) is 0 Å². The quantitative estimate of drug-likeness (QED) is 0.609. The Hall–Kier alpha value is -1.26. The third kappa shape index (κ3) is 2.22. The van der Waals surface area contributed by atoms with Crippen LogP contribution in [0.1, 0.15) is 12.5 Å². The minimum absolute atomic E-state index is 0.236. The maximum absolute atomic E-state index is 11.8. The Morgan fingerprint density at radius 1 is 1.53 bits per heavy atom. The SMILES string of the molecule is CC[N+](C)([O-])Cc1ccc2c(c1)NCO2. The number of hydrogen-bond donors (Lipinski definition) is 1. The number of hydrogen-bond acceptors (Lipinski definition) is 3. The largest absolute Gasteiger partial charge is 0.633 e. The summed E-state index contributed by atoms with van der Waals surface area (Å²) in [4.78, 5) is 0. The fourth-order valence-corrected chi connectivity index (χ4v) is 1.63. The zero-order chi connectivity index (χ0) is 10.9. The Morgan fingerprint density at radius 2 is 2.33 bits per heavy atom. The molecule has 2 rings (SSSR count). The Balaban J connectivity index is 2.17. The summed E-state index contributed by atoms with van der Waals surface area (Å²) < 4.78 is 5.08. The summed E-state index contributed by atoms with van der Waals surface area (Å²) in [5.41, 5.74) is 2.04. The van der Waals surface area contributed by atoms with E-state index in [1.54, 1.807) is 7.05 Å². The van der Waals surface area contributed by atoms with Crippen LogP contribution in [0.4, 0.5) is 5.69 Å². The normalized spacial score (nSPS) is 17.5. The molecule has 82 valence electrons. The first-order valence-corrected chi connectivity index (χ1v) is 5.16. The molecule has 0 bridgehead atoms. The van der Waals surface area contributed by atoms with Crippen LogP contribution in [-0.2, 0) is 6.54 Å². The van der Waals surface area contributed by atoms with Gasteiger partial charge in [-0.2, -0.15) is 0 Å². The maximum atomic E-state index is 11.8. The van der Waals surface area contributed by atoms with Crippen LogP contribution in [0.2, 0.25) is 0 Å². The van der Waals surface area contributed by atoms with Crippen LogP contribution in [-0.4, -0.2) is 25.0 Å². The van der Waals surface area contributed by atoms with Gasteiger partial charge in [0.1, 0.15) is 12.3 Å². The Labute approximate surface area is 89.6 Å². The van der Waals surface area contributed by atoms with Crippen molar-refractivity contribution in [2.24, 2.45) is 0 Å². The van der Waals surface area contributed by atoms with Crippen molar-refractivity contribution >= 4 is 5.69 Å². The molecule has 4 nitrogen and oxygen atoms in total. The van der Waals surface area contributed by atoms with E-state index in [0.717, 1.165) is 17.0 Å². The van der Waals surface area contributed by atoms with Crippen molar-refractivity contribution in [3.05, 3.63) is 29.0 Å². The van der Waals surface area contributed by atoms with E-state index in [-0.39, 0.29) is 4.65 Å². The van der Waals surface area contributed by atoms with E-state index < -0.39 is 0 Å². The number of benzene rings is 1. The summed E-state index contributed by atoms with van der Waals surface area (Å²) in [6.45, 7) is 3.52. The number of ether oxygens (including phenoxy) is 1. The fourth-order valence-electron chi connectivity index (χ4n) is 1.63. The second-order valence-electron chi connectivity index (χ2n) is 4.07. The van der Waals surface area contributed by atoms with Crippen LogP contribution in [0.15, 0.2) is 18.2 Å². The van der Waals surface area contributed by atoms with E-state index >= 15 is 0 Å². The Bertz CT molecular complexity index is 364. The topological polar surface area (TPSA) is 44.3 Å². The van der Waals surface area contributed by atoms with E-state index in [1.807, 2.05) is 25.1 Å². The molecule has 0 spiro atoms. The van der Waals surface area contributed by atoms with Gasteiger partial charge < -0.3 is 19.9 Å². The number of quaternary nitrogens is 1. The van der Waals surface area contributed by atoms with E-state index in [4.69, 9.17) is 4.74 Å². The lowest BCUT2D eigenvalue weighted by atomic mass is 10.2. The summed E-state index contributed by atoms with van der Waals surface area (Å²) in [5.74, 6) is 0.871. The first-order chi connectivity index (χ1) is 7.11. The fraction of sp³-hybridized carbons (Fsp3) is 0.455. The molecule has 15 heavy (non-hydrogen) atoms. The van der Waals surface area contributed by atoms with Crippen LogP contribution >= 0.6 is 0 Å². The highest BCUT2D eigenvalue weighted by atomic mass is 16.5. The number of nitrogens with one attached hydrogen (secondary N) is 1. The third-order valence-electron chi connectivity index (χ3n) is 2.72. The first-order valence-electron chi connectivity index (χ1n) is 5.16. The van der Waals surface area contributed by atoms with Crippen molar-refractivity contribution in [1.82, 2.24) is 0 Å². The standard InChI is InChI=1S/C11H16N2O2/c1-3-13(2,14)7-9-4-5-11-10(6-9)12-8-15-11/h4-6,12H,3,7-8H2,1-2H3. The highest BCUT2D eigenvalue weighted by Gasteiger charge is 2.14. The zero-order valence-corrected chi connectivity index (χ0v) is 9.12. The predicted octanol–water partition coefficient (Wildman–Crippen LogP) is 1.91. The number of rotatable bonds is 3. The smallest absolute Gasteiger partial charge is 0.159 e. The van der Waals surface area contributed by atoms with Gasteiger partial charge in [-0.15, -0.1) is 0 Å². The maximum Gasteiger partial charge on any atom is 0.159 e. The number of anilines is 1. The van der Waals surface area contributed by atoms with Gasteiger partial charge in [-0.1, -0.05) is 0 Å². The number of hydroxylamine groups is 3. The molecule has 0 saturated carbocycles. The molecule has 0 radical (unpaired) electrons. The molecule has 1 aliphatic rings. The van der Waals surface area contributed by atoms with Crippen molar-refractivity contribution < 1.29 is 9.38 Å². The van der Waals surface area contributed by atoms with E-state index in [9.17, 15) is 5.21 Å². The average molecular weight is 208 g/mol. The molecule has 1 unspecified atom stereocenters. The summed E-state index contributed by atoms with van der Waals surface area (Å²) >= 11 is 0. The highest BCUT2D eigenvalue weighted by molar-refractivity contribution is 5.60.